The van der Waals surface area contributed by atoms with Gasteiger partial charge in [0, 0.05) is 0 Å². The van der Waals surface area contributed by atoms with Gasteiger partial charge in [-0.05, 0) is 18.5 Å². The van der Waals surface area contributed by atoms with Crippen molar-refractivity contribution in [2.75, 3.05) is 0 Å². The molecular formula is C5H8Cl2Si. The molecule has 0 saturated carbocycles. The van der Waals surface area contributed by atoms with E-state index in [1.54, 1.807) is 0 Å². The lowest BCUT2D eigenvalue weighted by atomic mass is 10.4. The van der Waals surface area contributed by atoms with Crippen LogP contribution in [0.1, 0.15) is 6.42 Å². The Hall–Kier alpha value is 0.537. The first-order valence-electron chi connectivity index (χ1n) is 2.73. The number of rotatable bonds is 0. The van der Waals surface area contributed by atoms with Crippen LogP contribution in [0.3, 0.4) is 0 Å². The molecule has 0 spiro atoms. The zero-order valence-electron chi connectivity index (χ0n) is 4.53. The minimum absolute atomic E-state index is 0.941. The Morgan fingerprint density at radius 2 is 2.00 bits per heavy atom. The topological polar surface area (TPSA) is 0 Å². The molecule has 0 atom stereocenters. The minimum atomic E-state index is -1.73. The van der Waals surface area contributed by atoms with E-state index in [9.17, 15) is 0 Å². The molecule has 0 aromatic heterocycles. The molecule has 0 amide bonds. The average Bonchev–Trinajstić information content (AvgIpc) is 1.65. The second kappa shape index (κ2) is 2.42. The highest BCUT2D eigenvalue weighted by molar-refractivity contribution is 7.45. The first kappa shape index (κ1) is 6.65. The molecule has 0 saturated heterocycles. The molecule has 0 fully saturated rings. The highest BCUT2D eigenvalue weighted by Crippen LogP contribution is 2.30. The standard InChI is InChI=1S/C5H8Cl2Si/c6-8(7)4-2-1-3-5-8/h1-2H,3-5H2. The normalized spacial score (nSPS) is 25.8. The first-order chi connectivity index (χ1) is 3.71. The van der Waals surface area contributed by atoms with Crippen molar-refractivity contribution in [1.82, 2.24) is 0 Å². The van der Waals surface area contributed by atoms with E-state index in [-0.39, 0.29) is 0 Å². The molecule has 0 aliphatic carbocycles. The molecule has 3 heteroatoms. The van der Waals surface area contributed by atoms with Crippen LogP contribution in [0.5, 0.6) is 0 Å². The number of hydrogen-bond donors (Lipinski definition) is 0. The van der Waals surface area contributed by atoms with Gasteiger partial charge in [-0.25, -0.2) is 0 Å². The summed E-state index contributed by atoms with van der Waals surface area (Å²) in [7, 11) is 0. The van der Waals surface area contributed by atoms with Crippen LogP contribution in [-0.4, -0.2) is 6.69 Å². The Morgan fingerprint density at radius 3 is 2.25 bits per heavy atom. The Kier molecular flexibility index (Phi) is 2.01. The van der Waals surface area contributed by atoms with Crippen LogP contribution in [0.4, 0.5) is 0 Å². The fourth-order valence-corrected chi connectivity index (χ4v) is 3.26. The van der Waals surface area contributed by atoms with Gasteiger partial charge >= 0.3 is 0 Å². The van der Waals surface area contributed by atoms with Gasteiger partial charge in [-0.1, -0.05) is 12.2 Å². The lowest BCUT2D eigenvalue weighted by Gasteiger charge is -2.15. The van der Waals surface area contributed by atoms with Crippen LogP contribution < -0.4 is 0 Å². The molecule has 0 bridgehead atoms. The molecule has 1 heterocycles. The van der Waals surface area contributed by atoms with Crippen LogP contribution in [0.2, 0.25) is 12.1 Å². The lowest BCUT2D eigenvalue weighted by Crippen LogP contribution is -2.18. The molecule has 0 unspecified atom stereocenters. The fourth-order valence-electron chi connectivity index (χ4n) is 0.770. The number of hydrogen-bond acceptors (Lipinski definition) is 0. The third-order valence-electron chi connectivity index (χ3n) is 1.26. The number of allylic oxidation sites excluding steroid dienone is 2. The summed E-state index contributed by atoms with van der Waals surface area (Å²) in [5.74, 6) is 0. The maximum absolute atomic E-state index is 5.93. The zero-order valence-corrected chi connectivity index (χ0v) is 7.04. The Balaban J connectivity index is 2.50. The summed E-state index contributed by atoms with van der Waals surface area (Å²) in [6.07, 6.45) is 5.32. The molecule has 0 aromatic rings. The predicted molar refractivity (Wildman–Crippen MR) is 40.8 cm³/mol. The molecule has 1 aliphatic rings. The lowest BCUT2D eigenvalue weighted by molar-refractivity contribution is 1.15. The summed E-state index contributed by atoms with van der Waals surface area (Å²) in [5, 5.41) is 0. The second-order valence-electron chi connectivity index (χ2n) is 2.07. The third-order valence-corrected chi connectivity index (χ3v) is 5.17. The van der Waals surface area contributed by atoms with E-state index in [1.807, 2.05) is 0 Å². The summed E-state index contributed by atoms with van der Waals surface area (Å²) in [6.45, 7) is -1.73. The van der Waals surface area contributed by atoms with Gasteiger partial charge < -0.3 is 0 Å². The van der Waals surface area contributed by atoms with Crippen LogP contribution in [0.15, 0.2) is 12.2 Å². The maximum Gasteiger partial charge on any atom is 0.255 e. The van der Waals surface area contributed by atoms with Gasteiger partial charge in [0.15, 0.2) is 0 Å². The molecule has 8 heavy (non-hydrogen) atoms. The van der Waals surface area contributed by atoms with Crippen molar-refractivity contribution >= 4 is 28.9 Å². The zero-order chi connectivity index (χ0) is 6.04. The predicted octanol–water partition coefficient (Wildman–Crippen LogP) is 2.87. The Morgan fingerprint density at radius 1 is 1.25 bits per heavy atom. The third kappa shape index (κ3) is 1.80. The molecule has 46 valence electrons. The van der Waals surface area contributed by atoms with E-state index in [0.717, 1.165) is 18.5 Å². The van der Waals surface area contributed by atoms with Crippen molar-refractivity contribution in [3.8, 4) is 0 Å². The van der Waals surface area contributed by atoms with Crippen molar-refractivity contribution in [3.05, 3.63) is 12.2 Å². The Bertz CT molecular complexity index is 109. The van der Waals surface area contributed by atoms with E-state index in [0.29, 0.717) is 0 Å². The highest BCUT2D eigenvalue weighted by atomic mass is 35.7. The molecule has 0 nitrogen and oxygen atoms in total. The van der Waals surface area contributed by atoms with E-state index in [4.69, 9.17) is 22.2 Å². The van der Waals surface area contributed by atoms with Gasteiger partial charge in [-0.2, -0.15) is 0 Å². The van der Waals surface area contributed by atoms with Gasteiger partial charge in [0.2, 0.25) is 0 Å². The smallest absolute Gasteiger partial charge is 0.146 e. The van der Waals surface area contributed by atoms with E-state index >= 15 is 0 Å². The summed E-state index contributed by atoms with van der Waals surface area (Å²) in [4.78, 5) is 0. The second-order valence-corrected chi connectivity index (χ2v) is 9.61. The van der Waals surface area contributed by atoms with Crippen LogP contribution in [0.25, 0.3) is 0 Å². The fraction of sp³-hybridized carbons (Fsp3) is 0.600. The van der Waals surface area contributed by atoms with Crippen molar-refractivity contribution in [2.24, 2.45) is 0 Å². The molecule has 0 radical (unpaired) electrons. The van der Waals surface area contributed by atoms with Crippen LogP contribution >= 0.6 is 22.2 Å². The van der Waals surface area contributed by atoms with Gasteiger partial charge in [-0.15, -0.1) is 22.2 Å². The van der Waals surface area contributed by atoms with Crippen molar-refractivity contribution in [2.45, 2.75) is 18.5 Å². The van der Waals surface area contributed by atoms with Gasteiger partial charge in [0.25, 0.3) is 6.69 Å². The minimum Gasteiger partial charge on any atom is -0.146 e. The quantitative estimate of drug-likeness (QED) is 0.295. The Labute approximate surface area is 59.9 Å². The van der Waals surface area contributed by atoms with E-state index in [1.165, 1.54) is 0 Å². The first-order valence-corrected chi connectivity index (χ1v) is 7.17. The SMILES string of the molecule is Cl[Si]1(Cl)CC=CCC1. The maximum atomic E-state index is 5.93. The van der Waals surface area contributed by atoms with Gasteiger partial charge in [-0.3, -0.25) is 0 Å². The molecular weight excluding hydrogens is 159 g/mol. The van der Waals surface area contributed by atoms with Crippen LogP contribution in [0, 0.1) is 0 Å². The van der Waals surface area contributed by atoms with Crippen molar-refractivity contribution in [3.63, 3.8) is 0 Å². The van der Waals surface area contributed by atoms with E-state index < -0.39 is 6.69 Å². The molecule has 0 N–H and O–H groups in total. The van der Waals surface area contributed by atoms with Crippen molar-refractivity contribution in [1.29, 1.82) is 0 Å². The summed E-state index contributed by atoms with van der Waals surface area (Å²) < 4.78 is 0. The van der Waals surface area contributed by atoms with Crippen LogP contribution in [-0.2, 0) is 0 Å². The van der Waals surface area contributed by atoms with Gasteiger partial charge in [0.1, 0.15) is 0 Å². The summed E-state index contributed by atoms with van der Waals surface area (Å²) in [5.41, 5.74) is 0. The largest absolute Gasteiger partial charge is 0.255 e. The number of halogens is 2. The molecule has 0 aromatic carbocycles. The average molecular weight is 167 g/mol. The molecule has 1 rings (SSSR count). The highest BCUT2D eigenvalue weighted by Gasteiger charge is 2.27. The monoisotopic (exact) mass is 166 g/mol. The van der Waals surface area contributed by atoms with Gasteiger partial charge in [0.05, 0.1) is 0 Å². The summed E-state index contributed by atoms with van der Waals surface area (Å²) in [6, 6.07) is 1.97. The van der Waals surface area contributed by atoms with Crippen molar-refractivity contribution < 1.29 is 0 Å². The molecule has 1 aliphatic heterocycles. The summed E-state index contributed by atoms with van der Waals surface area (Å²) >= 11 is 11.9. The van der Waals surface area contributed by atoms with E-state index in [2.05, 4.69) is 12.2 Å².